The summed E-state index contributed by atoms with van der Waals surface area (Å²) >= 11 is 0. The Hall–Kier alpha value is -1.82. The van der Waals surface area contributed by atoms with Crippen LogP contribution in [0, 0.1) is 0 Å². The molecule has 0 aromatic heterocycles. The molecule has 0 aromatic carbocycles. The molecule has 0 bridgehead atoms. The molecule has 0 unspecified atom stereocenters. The largest absolute Gasteiger partial charge is 0.0990 e. The Morgan fingerprint density at radius 1 is 1.00 bits per heavy atom. The van der Waals surface area contributed by atoms with Gasteiger partial charge in [0.05, 0.1) is 0 Å². The van der Waals surface area contributed by atoms with Crippen LogP contribution < -0.4 is 0 Å². The van der Waals surface area contributed by atoms with Crippen LogP contribution in [0.1, 0.15) is 13.8 Å². The zero-order valence-corrected chi connectivity index (χ0v) is 10.2. The van der Waals surface area contributed by atoms with Gasteiger partial charge >= 0.3 is 0 Å². The average Bonchev–Trinajstić information content (AvgIpc) is 2.29. The van der Waals surface area contributed by atoms with Crippen molar-refractivity contribution in [2.24, 2.45) is 0 Å². The SMILES string of the molecule is C=C/C=C(C=C)/C=C(C)/C(C=C)=C/C=C\C. The number of hydrogen-bond acceptors (Lipinski definition) is 0. The van der Waals surface area contributed by atoms with Crippen molar-refractivity contribution in [3.63, 3.8) is 0 Å². The van der Waals surface area contributed by atoms with Crippen LogP contribution in [0.3, 0.4) is 0 Å². The van der Waals surface area contributed by atoms with Crippen molar-refractivity contribution < 1.29 is 0 Å². The summed E-state index contributed by atoms with van der Waals surface area (Å²) in [5.41, 5.74) is 3.30. The number of allylic oxidation sites excluding steroid dienone is 11. The summed E-state index contributed by atoms with van der Waals surface area (Å²) in [6, 6.07) is 0. The lowest BCUT2D eigenvalue weighted by molar-refractivity contribution is 1.41. The quantitative estimate of drug-likeness (QED) is 0.548. The minimum atomic E-state index is 1.04. The Morgan fingerprint density at radius 2 is 1.69 bits per heavy atom. The van der Waals surface area contributed by atoms with Gasteiger partial charge < -0.3 is 0 Å². The van der Waals surface area contributed by atoms with E-state index >= 15 is 0 Å². The molecule has 0 aliphatic rings. The minimum absolute atomic E-state index is 1.04. The smallest absolute Gasteiger partial charge is 0.0233 e. The van der Waals surface area contributed by atoms with E-state index in [-0.39, 0.29) is 0 Å². The minimum Gasteiger partial charge on any atom is -0.0990 e. The molecule has 0 heterocycles. The van der Waals surface area contributed by atoms with Gasteiger partial charge in [0.2, 0.25) is 0 Å². The fraction of sp³-hybridized carbons (Fsp3) is 0.125. The first-order valence-corrected chi connectivity index (χ1v) is 5.28. The van der Waals surface area contributed by atoms with Crippen LogP contribution in [-0.4, -0.2) is 0 Å². The summed E-state index contributed by atoms with van der Waals surface area (Å²) in [6.45, 7) is 15.3. The van der Waals surface area contributed by atoms with Crippen molar-refractivity contribution in [3.8, 4) is 0 Å². The van der Waals surface area contributed by atoms with E-state index in [1.54, 1.807) is 6.08 Å². The Morgan fingerprint density at radius 3 is 2.12 bits per heavy atom. The lowest BCUT2D eigenvalue weighted by atomic mass is 10.0. The fourth-order valence-corrected chi connectivity index (χ4v) is 1.20. The summed E-state index contributed by atoms with van der Waals surface area (Å²) in [4.78, 5) is 0. The molecule has 0 aromatic rings. The van der Waals surface area contributed by atoms with Crippen LogP contribution in [0.15, 0.2) is 85.1 Å². The maximum Gasteiger partial charge on any atom is -0.0233 e. The monoisotopic (exact) mass is 212 g/mol. The zero-order valence-electron chi connectivity index (χ0n) is 10.2. The van der Waals surface area contributed by atoms with Crippen LogP contribution in [0.2, 0.25) is 0 Å². The van der Waals surface area contributed by atoms with Crippen molar-refractivity contribution in [3.05, 3.63) is 85.1 Å². The normalized spacial score (nSPS) is 14.0. The second-order valence-electron chi connectivity index (χ2n) is 3.29. The van der Waals surface area contributed by atoms with Crippen molar-refractivity contribution in [2.75, 3.05) is 0 Å². The summed E-state index contributed by atoms with van der Waals surface area (Å²) in [5.74, 6) is 0. The molecule has 0 radical (unpaired) electrons. The third-order valence-corrected chi connectivity index (χ3v) is 2.07. The molecular weight excluding hydrogens is 192 g/mol. The van der Waals surface area contributed by atoms with Crippen molar-refractivity contribution in [2.45, 2.75) is 13.8 Å². The summed E-state index contributed by atoms with van der Waals surface area (Å²) in [5, 5.41) is 0. The molecule has 0 heteroatoms. The molecule has 16 heavy (non-hydrogen) atoms. The van der Waals surface area contributed by atoms with Gasteiger partial charge in [-0.3, -0.25) is 0 Å². The molecule has 0 atom stereocenters. The topological polar surface area (TPSA) is 0 Å². The molecule has 0 aliphatic carbocycles. The van der Waals surface area contributed by atoms with Gasteiger partial charge in [-0.1, -0.05) is 68.3 Å². The first kappa shape index (κ1) is 14.2. The number of hydrogen-bond donors (Lipinski definition) is 0. The van der Waals surface area contributed by atoms with Gasteiger partial charge in [0.1, 0.15) is 0 Å². The van der Waals surface area contributed by atoms with E-state index in [4.69, 9.17) is 0 Å². The molecule has 0 amide bonds. The Bertz CT molecular complexity index is 371. The molecule has 84 valence electrons. The van der Waals surface area contributed by atoms with Crippen molar-refractivity contribution in [1.82, 2.24) is 0 Å². The highest BCUT2D eigenvalue weighted by Crippen LogP contribution is 2.14. The second kappa shape index (κ2) is 8.49. The van der Waals surface area contributed by atoms with E-state index in [0.717, 1.165) is 16.7 Å². The van der Waals surface area contributed by atoms with Crippen molar-refractivity contribution in [1.29, 1.82) is 0 Å². The maximum atomic E-state index is 3.81. The van der Waals surface area contributed by atoms with Gasteiger partial charge in [-0.05, 0) is 30.6 Å². The molecule has 0 saturated heterocycles. The van der Waals surface area contributed by atoms with Crippen LogP contribution in [0.4, 0.5) is 0 Å². The molecule has 0 saturated carbocycles. The van der Waals surface area contributed by atoms with Crippen molar-refractivity contribution >= 4 is 0 Å². The van der Waals surface area contributed by atoms with Gasteiger partial charge in [0.15, 0.2) is 0 Å². The zero-order chi connectivity index (χ0) is 12.4. The van der Waals surface area contributed by atoms with Gasteiger partial charge in [-0.15, -0.1) is 0 Å². The first-order chi connectivity index (χ1) is 7.69. The van der Waals surface area contributed by atoms with Gasteiger partial charge in [-0.2, -0.15) is 0 Å². The summed E-state index contributed by atoms with van der Waals surface area (Å²) < 4.78 is 0. The highest BCUT2D eigenvalue weighted by Gasteiger charge is 1.94. The maximum absolute atomic E-state index is 3.81. The van der Waals surface area contributed by atoms with Crippen LogP contribution in [0.5, 0.6) is 0 Å². The molecule has 0 N–H and O–H groups in total. The Balaban J connectivity index is 5.14. The van der Waals surface area contributed by atoms with E-state index in [2.05, 4.69) is 32.7 Å². The van der Waals surface area contributed by atoms with E-state index in [1.165, 1.54) is 0 Å². The molecule has 0 rings (SSSR count). The summed E-state index contributed by atoms with van der Waals surface area (Å²) in [7, 11) is 0. The lowest BCUT2D eigenvalue weighted by Crippen LogP contribution is -1.82. The lowest BCUT2D eigenvalue weighted by Gasteiger charge is -2.02. The van der Waals surface area contributed by atoms with E-state index in [1.807, 2.05) is 43.4 Å². The third-order valence-electron chi connectivity index (χ3n) is 2.07. The Labute approximate surface area is 99.4 Å². The molecular formula is C16H20. The second-order valence-corrected chi connectivity index (χ2v) is 3.29. The van der Waals surface area contributed by atoms with Crippen LogP contribution in [0.25, 0.3) is 0 Å². The highest BCUT2D eigenvalue weighted by atomic mass is 14.0. The first-order valence-electron chi connectivity index (χ1n) is 5.28. The molecule has 0 spiro atoms. The predicted molar refractivity (Wildman–Crippen MR) is 75.3 cm³/mol. The van der Waals surface area contributed by atoms with E-state index in [0.29, 0.717) is 0 Å². The van der Waals surface area contributed by atoms with Gasteiger partial charge in [-0.25, -0.2) is 0 Å². The van der Waals surface area contributed by atoms with Gasteiger partial charge in [0.25, 0.3) is 0 Å². The highest BCUT2D eigenvalue weighted by molar-refractivity contribution is 5.46. The molecule has 0 aliphatic heterocycles. The molecule has 0 fully saturated rings. The average molecular weight is 212 g/mol. The van der Waals surface area contributed by atoms with Gasteiger partial charge in [0, 0.05) is 0 Å². The van der Waals surface area contributed by atoms with E-state index < -0.39 is 0 Å². The van der Waals surface area contributed by atoms with Crippen LogP contribution in [-0.2, 0) is 0 Å². The fourth-order valence-electron chi connectivity index (χ4n) is 1.20. The van der Waals surface area contributed by atoms with E-state index in [9.17, 15) is 0 Å². The standard InChI is InChI=1S/C16H20/c1-6-10-12-16(9-4)14(5)13-15(8-3)11-7-2/h6-13H,2-4H2,1,5H3/b10-6-,14-13+,15-11+,16-12+. The predicted octanol–water partition coefficient (Wildman–Crippen LogP) is 4.92. The number of rotatable bonds is 6. The third kappa shape index (κ3) is 5.16. The summed E-state index contributed by atoms with van der Waals surface area (Å²) in [6.07, 6.45) is 15.4. The Kier molecular flexibility index (Phi) is 7.52. The van der Waals surface area contributed by atoms with Crippen LogP contribution >= 0.6 is 0 Å². The molecule has 0 nitrogen and oxygen atoms in total.